The second-order valence-corrected chi connectivity index (χ2v) is 5.03. The van der Waals surface area contributed by atoms with Crippen LogP contribution in [-0.4, -0.2) is 28.8 Å². The van der Waals surface area contributed by atoms with Crippen LogP contribution in [0.25, 0.3) is 0 Å². The Morgan fingerprint density at radius 2 is 2.18 bits per heavy atom. The third kappa shape index (κ3) is 2.81. The molecule has 1 aromatic heterocycles. The zero-order chi connectivity index (χ0) is 15.5. The van der Waals surface area contributed by atoms with Gasteiger partial charge in [0.1, 0.15) is 0 Å². The Morgan fingerprint density at radius 1 is 1.32 bits per heavy atom. The Balaban J connectivity index is 1.84. The van der Waals surface area contributed by atoms with Crippen LogP contribution in [0.3, 0.4) is 0 Å². The van der Waals surface area contributed by atoms with Crippen LogP contribution in [-0.2, 0) is 11.2 Å². The fourth-order valence-electron chi connectivity index (χ4n) is 2.42. The van der Waals surface area contributed by atoms with E-state index in [-0.39, 0.29) is 5.78 Å². The number of carbonyl (C=O) groups excluding carboxylic acids is 2. The lowest BCUT2D eigenvalue weighted by atomic mass is 9.96. The van der Waals surface area contributed by atoms with Crippen molar-refractivity contribution >= 4 is 23.4 Å². The molecule has 1 heterocycles. The molecule has 0 bridgehead atoms. The molecule has 1 aliphatic carbocycles. The number of anilines is 2. The average molecular weight is 297 g/mol. The van der Waals surface area contributed by atoms with Crippen LogP contribution in [0.4, 0.5) is 11.6 Å². The molecule has 22 heavy (non-hydrogen) atoms. The van der Waals surface area contributed by atoms with E-state index < -0.39 is 5.97 Å². The van der Waals surface area contributed by atoms with Crippen LogP contribution in [0, 0.1) is 0 Å². The molecule has 1 aliphatic rings. The summed E-state index contributed by atoms with van der Waals surface area (Å²) < 4.78 is 4.69. The van der Waals surface area contributed by atoms with Crippen LogP contribution in [0.15, 0.2) is 30.5 Å². The fraction of sp³-hybridized carbons (Fsp3) is 0.250. The fourth-order valence-corrected chi connectivity index (χ4v) is 2.42. The van der Waals surface area contributed by atoms with Gasteiger partial charge in [0.25, 0.3) is 0 Å². The van der Waals surface area contributed by atoms with Crippen LogP contribution in [0.1, 0.15) is 39.3 Å². The van der Waals surface area contributed by atoms with Crippen LogP contribution >= 0.6 is 0 Å². The van der Waals surface area contributed by atoms with Crippen molar-refractivity contribution in [1.82, 2.24) is 9.97 Å². The molecule has 0 saturated heterocycles. The molecule has 0 spiro atoms. The first-order chi connectivity index (χ1) is 10.7. The number of benzene rings is 1. The maximum absolute atomic E-state index is 11.8. The van der Waals surface area contributed by atoms with Crippen molar-refractivity contribution in [2.45, 2.75) is 19.3 Å². The second kappa shape index (κ2) is 5.93. The summed E-state index contributed by atoms with van der Waals surface area (Å²) in [4.78, 5) is 31.9. The second-order valence-electron chi connectivity index (χ2n) is 5.03. The third-order valence-corrected chi connectivity index (χ3v) is 3.53. The largest absolute Gasteiger partial charge is 0.465 e. The van der Waals surface area contributed by atoms with E-state index in [2.05, 4.69) is 15.3 Å². The molecule has 0 fully saturated rings. The molecule has 0 aliphatic heterocycles. The average Bonchev–Trinajstić information content (AvgIpc) is 2.54. The lowest BCUT2D eigenvalue weighted by molar-refractivity contribution is 0.0600. The predicted octanol–water partition coefficient (Wildman–Crippen LogP) is 2.53. The van der Waals surface area contributed by atoms with E-state index >= 15 is 0 Å². The topological polar surface area (TPSA) is 81.2 Å². The molecule has 1 N–H and O–H groups in total. The maximum atomic E-state index is 11.8. The van der Waals surface area contributed by atoms with Gasteiger partial charge >= 0.3 is 5.97 Å². The first-order valence-corrected chi connectivity index (χ1v) is 7.02. The number of Topliss-reactive ketones (excluding diaryl/α,β-unsaturated/α-hetero) is 1. The summed E-state index contributed by atoms with van der Waals surface area (Å²) in [6, 6.07) is 6.89. The number of ether oxygens (including phenoxy) is 1. The van der Waals surface area contributed by atoms with Crippen molar-refractivity contribution in [1.29, 1.82) is 0 Å². The number of hydrogen-bond donors (Lipinski definition) is 1. The van der Waals surface area contributed by atoms with Gasteiger partial charge in [0.15, 0.2) is 5.78 Å². The lowest BCUT2D eigenvalue weighted by Gasteiger charge is -2.14. The van der Waals surface area contributed by atoms with Crippen molar-refractivity contribution in [3.63, 3.8) is 0 Å². The highest BCUT2D eigenvalue weighted by molar-refractivity contribution is 5.97. The van der Waals surface area contributed by atoms with Gasteiger partial charge in [-0.1, -0.05) is 6.07 Å². The Morgan fingerprint density at radius 3 is 3.00 bits per heavy atom. The van der Waals surface area contributed by atoms with Gasteiger partial charge in [-0.25, -0.2) is 14.8 Å². The maximum Gasteiger partial charge on any atom is 0.337 e. The van der Waals surface area contributed by atoms with E-state index in [9.17, 15) is 9.59 Å². The summed E-state index contributed by atoms with van der Waals surface area (Å²) in [5.41, 5.74) is 2.52. The Kier molecular flexibility index (Phi) is 3.82. The number of hydrogen-bond acceptors (Lipinski definition) is 6. The summed E-state index contributed by atoms with van der Waals surface area (Å²) in [5, 5.41) is 3.05. The van der Waals surface area contributed by atoms with Gasteiger partial charge in [-0.3, -0.25) is 4.79 Å². The van der Waals surface area contributed by atoms with Gasteiger partial charge in [-0.05, 0) is 31.0 Å². The van der Waals surface area contributed by atoms with Crippen LogP contribution in [0.2, 0.25) is 0 Å². The van der Waals surface area contributed by atoms with Crippen molar-refractivity contribution in [2.75, 3.05) is 12.4 Å². The first kappa shape index (κ1) is 14.2. The molecule has 6 nitrogen and oxygen atoms in total. The van der Waals surface area contributed by atoms with Gasteiger partial charge in [0, 0.05) is 18.3 Å². The molecule has 0 atom stereocenters. The molecule has 0 radical (unpaired) electrons. The number of rotatable bonds is 3. The summed E-state index contributed by atoms with van der Waals surface area (Å²) >= 11 is 0. The minimum atomic E-state index is -0.402. The van der Waals surface area contributed by atoms with Crippen molar-refractivity contribution in [2.24, 2.45) is 0 Å². The summed E-state index contributed by atoms with van der Waals surface area (Å²) in [6.07, 6.45) is 3.72. The Hall–Kier alpha value is -2.76. The van der Waals surface area contributed by atoms with E-state index in [0.717, 1.165) is 18.5 Å². The number of aromatic nitrogens is 2. The predicted molar refractivity (Wildman–Crippen MR) is 80.4 cm³/mol. The van der Waals surface area contributed by atoms with E-state index in [4.69, 9.17) is 4.74 Å². The lowest BCUT2D eigenvalue weighted by Crippen LogP contribution is -2.14. The summed E-state index contributed by atoms with van der Waals surface area (Å²) in [7, 11) is 1.34. The van der Waals surface area contributed by atoms with Gasteiger partial charge in [-0.2, -0.15) is 0 Å². The number of nitrogens with zero attached hydrogens (tertiary/aromatic N) is 2. The number of esters is 1. The molecule has 2 aromatic rings. The molecular weight excluding hydrogens is 282 g/mol. The SMILES string of the molecule is COC(=O)c1cccc(Nc2ncc3c(n2)CCCC3=O)c1. The highest BCUT2D eigenvalue weighted by Gasteiger charge is 2.19. The molecule has 1 aromatic carbocycles. The van der Waals surface area contributed by atoms with Crippen LogP contribution in [0.5, 0.6) is 0 Å². The molecule has 0 unspecified atom stereocenters. The summed E-state index contributed by atoms with van der Waals surface area (Å²) in [5.74, 6) is 0.108. The highest BCUT2D eigenvalue weighted by Crippen LogP contribution is 2.21. The number of carbonyl (C=O) groups is 2. The molecule has 112 valence electrons. The number of aryl methyl sites for hydroxylation is 1. The monoisotopic (exact) mass is 297 g/mol. The first-order valence-electron chi connectivity index (χ1n) is 7.02. The Labute approximate surface area is 127 Å². The standard InChI is InChI=1S/C16H15N3O3/c1-22-15(21)10-4-2-5-11(8-10)18-16-17-9-12-13(19-16)6-3-7-14(12)20/h2,4-5,8-9H,3,6-7H2,1H3,(H,17,18,19). The van der Waals surface area contributed by atoms with Gasteiger partial charge in [-0.15, -0.1) is 0 Å². The van der Waals surface area contributed by atoms with E-state index in [1.54, 1.807) is 30.5 Å². The zero-order valence-corrected chi connectivity index (χ0v) is 12.1. The van der Waals surface area contributed by atoms with Gasteiger partial charge in [0.2, 0.25) is 5.95 Å². The quantitative estimate of drug-likeness (QED) is 0.877. The van der Waals surface area contributed by atoms with Crippen molar-refractivity contribution in [3.05, 3.63) is 47.3 Å². The molecule has 3 rings (SSSR count). The molecule has 0 saturated carbocycles. The normalized spacial score (nSPS) is 13.4. The minimum absolute atomic E-state index is 0.0977. The van der Waals surface area contributed by atoms with E-state index in [1.165, 1.54) is 7.11 Å². The van der Waals surface area contributed by atoms with Gasteiger partial charge < -0.3 is 10.1 Å². The molecule has 0 amide bonds. The molecular formula is C16H15N3O3. The van der Waals surface area contributed by atoms with Crippen molar-refractivity contribution < 1.29 is 14.3 Å². The number of nitrogens with one attached hydrogen (secondary N) is 1. The van der Waals surface area contributed by atoms with E-state index in [0.29, 0.717) is 29.2 Å². The minimum Gasteiger partial charge on any atom is -0.465 e. The van der Waals surface area contributed by atoms with E-state index in [1.807, 2.05) is 0 Å². The third-order valence-electron chi connectivity index (χ3n) is 3.53. The Bertz CT molecular complexity index is 743. The number of fused-ring (bicyclic) bond motifs is 1. The summed E-state index contributed by atoms with van der Waals surface area (Å²) in [6.45, 7) is 0. The smallest absolute Gasteiger partial charge is 0.337 e. The molecule has 6 heteroatoms. The number of methoxy groups -OCH3 is 1. The van der Waals surface area contributed by atoms with Crippen LogP contribution < -0.4 is 5.32 Å². The highest BCUT2D eigenvalue weighted by atomic mass is 16.5. The van der Waals surface area contributed by atoms with Crippen molar-refractivity contribution in [3.8, 4) is 0 Å². The number of ketones is 1. The van der Waals surface area contributed by atoms with Gasteiger partial charge in [0.05, 0.1) is 23.9 Å². The zero-order valence-electron chi connectivity index (χ0n) is 12.1.